The van der Waals surface area contributed by atoms with Gasteiger partial charge in [-0.15, -0.1) is 0 Å². The highest BCUT2D eigenvalue weighted by Crippen LogP contribution is 2.28. The summed E-state index contributed by atoms with van der Waals surface area (Å²) in [5, 5.41) is 7.64. The number of sulfone groups is 1. The lowest BCUT2D eigenvalue weighted by Crippen LogP contribution is -2.03. The Bertz CT molecular complexity index is 883. The Morgan fingerprint density at radius 1 is 1.10 bits per heavy atom. The molecule has 3 rings (SSSR count). The summed E-state index contributed by atoms with van der Waals surface area (Å²) in [7, 11) is -3.63. The minimum Gasteiger partial charge on any atom is -0.266 e. The lowest BCUT2D eigenvalue weighted by atomic mass is 10.2. The van der Waals surface area contributed by atoms with Crippen LogP contribution in [0.3, 0.4) is 0 Å². The van der Waals surface area contributed by atoms with Gasteiger partial charge in [-0.05, 0) is 37.3 Å². The van der Waals surface area contributed by atoms with E-state index < -0.39 is 9.84 Å². The zero-order chi connectivity index (χ0) is 14.3. The Hall–Kier alpha value is -1.85. The number of halogens is 1. The van der Waals surface area contributed by atoms with Crippen LogP contribution in [0.15, 0.2) is 52.4 Å². The van der Waals surface area contributed by atoms with Crippen molar-refractivity contribution >= 4 is 32.3 Å². The zero-order valence-corrected chi connectivity index (χ0v) is 12.2. The number of rotatable bonds is 2. The highest BCUT2D eigenvalue weighted by Gasteiger charge is 2.22. The summed E-state index contributed by atoms with van der Waals surface area (Å²) in [6.45, 7) is 1.90. The van der Waals surface area contributed by atoms with Crippen molar-refractivity contribution in [1.29, 1.82) is 0 Å². The normalized spacial score (nSPS) is 11.9. The first-order valence-electron chi connectivity index (χ1n) is 5.94. The third-order valence-corrected chi connectivity index (χ3v) is 5.06. The van der Waals surface area contributed by atoms with Crippen LogP contribution in [0.25, 0.3) is 10.9 Å². The topological polar surface area (TPSA) is 62.8 Å². The lowest BCUT2D eigenvalue weighted by molar-refractivity contribution is 0.593. The van der Waals surface area contributed by atoms with Gasteiger partial charge in [0.15, 0.2) is 5.03 Å². The number of hydrogen-bond acceptors (Lipinski definition) is 3. The molecule has 0 aliphatic rings. The molecule has 0 aliphatic heterocycles. The molecule has 0 unspecified atom stereocenters. The number of hydrogen-bond donors (Lipinski definition) is 1. The predicted molar refractivity (Wildman–Crippen MR) is 77.7 cm³/mol. The van der Waals surface area contributed by atoms with E-state index in [0.717, 1.165) is 5.56 Å². The molecule has 0 amide bonds. The molecule has 1 heterocycles. The Morgan fingerprint density at radius 3 is 2.50 bits per heavy atom. The molecular formula is C14H11ClN2O2S. The van der Waals surface area contributed by atoms with Gasteiger partial charge in [0.1, 0.15) is 0 Å². The second-order valence-electron chi connectivity index (χ2n) is 4.53. The fourth-order valence-corrected chi connectivity index (χ4v) is 3.52. The lowest BCUT2D eigenvalue weighted by Gasteiger charge is -2.03. The number of nitrogens with zero attached hydrogens (tertiary/aromatic N) is 1. The minimum absolute atomic E-state index is 0.0684. The van der Waals surface area contributed by atoms with E-state index in [2.05, 4.69) is 10.2 Å². The maximum absolute atomic E-state index is 12.6. The molecule has 0 spiro atoms. The standard InChI is InChI=1S/C14H11ClN2O2S/c1-9-2-5-11(6-3-9)20(18,19)14-12-8-10(15)4-7-13(12)16-17-14/h2-8H,1H3,(H,16,17). The Kier molecular flexibility index (Phi) is 3.03. The van der Waals surface area contributed by atoms with E-state index in [1.165, 1.54) is 0 Å². The fraction of sp³-hybridized carbons (Fsp3) is 0.0714. The monoisotopic (exact) mass is 306 g/mol. The van der Waals surface area contributed by atoms with Crippen LogP contribution in [-0.4, -0.2) is 18.6 Å². The predicted octanol–water partition coefficient (Wildman–Crippen LogP) is 3.36. The van der Waals surface area contributed by atoms with Gasteiger partial charge in [-0.1, -0.05) is 29.3 Å². The largest absolute Gasteiger partial charge is 0.266 e. The molecule has 0 saturated heterocycles. The van der Waals surface area contributed by atoms with Gasteiger partial charge in [-0.2, -0.15) is 5.10 Å². The van der Waals surface area contributed by atoms with Crippen molar-refractivity contribution in [3.05, 3.63) is 53.1 Å². The van der Waals surface area contributed by atoms with E-state index in [0.29, 0.717) is 15.9 Å². The van der Waals surface area contributed by atoms with Crippen molar-refractivity contribution in [1.82, 2.24) is 10.2 Å². The second kappa shape index (κ2) is 4.61. The van der Waals surface area contributed by atoms with Crippen molar-refractivity contribution in [3.63, 3.8) is 0 Å². The molecule has 0 radical (unpaired) electrons. The SMILES string of the molecule is Cc1ccc(S(=O)(=O)c2[nH]nc3ccc(Cl)cc23)cc1. The summed E-state index contributed by atoms with van der Waals surface area (Å²) < 4.78 is 25.2. The number of fused-ring (bicyclic) bond motifs is 1. The Morgan fingerprint density at radius 2 is 1.80 bits per heavy atom. The number of benzene rings is 2. The van der Waals surface area contributed by atoms with E-state index in [1.54, 1.807) is 42.5 Å². The molecular weight excluding hydrogens is 296 g/mol. The van der Waals surface area contributed by atoms with Gasteiger partial charge >= 0.3 is 0 Å². The average Bonchev–Trinajstić information content (AvgIpc) is 2.82. The molecule has 3 aromatic rings. The summed E-state index contributed by atoms with van der Waals surface area (Å²) in [6.07, 6.45) is 0. The number of nitrogens with one attached hydrogen (secondary N) is 1. The molecule has 2 aromatic carbocycles. The molecule has 1 aromatic heterocycles. The Labute approximate surface area is 121 Å². The van der Waals surface area contributed by atoms with Crippen molar-refractivity contribution in [3.8, 4) is 0 Å². The van der Waals surface area contributed by atoms with Gasteiger partial charge in [0.25, 0.3) is 0 Å². The van der Waals surface area contributed by atoms with Crippen LogP contribution in [0, 0.1) is 6.92 Å². The first kappa shape index (κ1) is 13.1. The van der Waals surface area contributed by atoms with E-state index in [4.69, 9.17) is 11.6 Å². The highest BCUT2D eigenvalue weighted by atomic mass is 35.5. The summed E-state index contributed by atoms with van der Waals surface area (Å²) in [6, 6.07) is 11.7. The third kappa shape index (κ3) is 2.09. The molecule has 20 heavy (non-hydrogen) atoms. The van der Waals surface area contributed by atoms with Crippen molar-refractivity contribution in [2.24, 2.45) is 0 Å². The van der Waals surface area contributed by atoms with Crippen molar-refractivity contribution in [2.75, 3.05) is 0 Å². The number of aromatic amines is 1. The zero-order valence-electron chi connectivity index (χ0n) is 10.6. The quantitative estimate of drug-likeness (QED) is 0.789. The van der Waals surface area contributed by atoms with Crippen LogP contribution in [0.1, 0.15) is 5.56 Å². The molecule has 0 atom stereocenters. The molecule has 0 fully saturated rings. The highest BCUT2D eigenvalue weighted by molar-refractivity contribution is 7.91. The number of H-pyrrole nitrogens is 1. The van der Waals surface area contributed by atoms with E-state index in [1.807, 2.05) is 6.92 Å². The maximum Gasteiger partial charge on any atom is 0.223 e. The minimum atomic E-state index is -3.63. The van der Waals surface area contributed by atoms with Gasteiger partial charge in [0, 0.05) is 10.4 Å². The molecule has 4 nitrogen and oxygen atoms in total. The van der Waals surface area contributed by atoms with Crippen molar-refractivity contribution in [2.45, 2.75) is 16.8 Å². The second-order valence-corrected chi connectivity index (χ2v) is 6.85. The van der Waals surface area contributed by atoms with Gasteiger partial charge in [-0.25, -0.2) is 8.42 Å². The van der Waals surface area contributed by atoms with Crippen LogP contribution in [-0.2, 0) is 9.84 Å². The first-order valence-corrected chi connectivity index (χ1v) is 7.80. The molecule has 0 aliphatic carbocycles. The van der Waals surface area contributed by atoms with Gasteiger partial charge < -0.3 is 0 Å². The van der Waals surface area contributed by atoms with E-state index in [9.17, 15) is 8.42 Å². The van der Waals surface area contributed by atoms with Crippen LogP contribution in [0.5, 0.6) is 0 Å². The summed E-state index contributed by atoms with van der Waals surface area (Å²) in [4.78, 5) is 0.230. The van der Waals surface area contributed by atoms with E-state index in [-0.39, 0.29) is 9.92 Å². The van der Waals surface area contributed by atoms with E-state index >= 15 is 0 Å². The molecule has 0 saturated carbocycles. The van der Waals surface area contributed by atoms with Crippen LogP contribution in [0.4, 0.5) is 0 Å². The number of aryl methyl sites for hydroxylation is 1. The summed E-state index contributed by atoms with van der Waals surface area (Å²) >= 11 is 5.93. The number of aromatic nitrogens is 2. The van der Waals surface area contributed by atoms with Crippen molar-refractivity contribution < 1.29 is 8.42 Å². The summed E-state index contributed by atoms with van der Waals surface area (Å²) in [5.41, 5.74) is 1.57. The van der Waals surface area contributed by atoms with Gasteiger partial charge in [0.2, 0.25) is 9.84 Å². The first-order chi connectivity index (χ1) is 9.48. The van der Waals surface area contributed by atoms with Crippen LogP contribution in [0.2, 0.25) is 5.02 Å². The third-order valence-electron chi connectivity index (χ3n) is 3.08. The fourth-order valence-electron chi connectivity index (χ4n) is 2.00. The summed E-state index contributed by atoms with van der Waals surface area (Å²) in [5.74, 6) is 0. The molecule has 0 bridgehead atoms. The van der Waals surface area contributed by atoms with Crippen LogP contribution >= 0.6 is 11.6 Å². The van der Waals surface area contributed by atoms with Gasteiger partial charge in [-0.3, -0.25) is 5.10 Å². The van der Waals surface area contributed by atoms with Crippen LogP contribution < -0.4 is 0 Å². The smallest absolute Gasteiger partial charge is 0.223 e. The maximum atomic E-state index is 12.6. The average molecular weight is 307 g/mol. The molecule has 6 heteroatoms. The molecule has 102 valence electrons. The van der Waals surface area contributed by atoms with Gasteiger partial charge in [0.05, 0.1) is 10.4 Å². The Balaban J connectivity index is 2.23. The molecule has 1 N–H and O–H groups in total.